The first-order valence-electron chi connectivity index (χ1n) is 10.1. The molecule has 0 aliphatic heterocycles. The normalized spacial score (nSPS) is 12.0. The molecule has 0 aromatic heterocycles. The molecular formula is C23H33NO5. The van der Waals surface area contributed by atoms with E-state index in [1.165, 1.54) is 0 Å². The minimum absolute atomic E-state index is 0.209. The lowest BCUT2D eigenvalue weighted by atomic mass is 10.2. The molecule has 0 spiro atoms. The molecule has 0 aliphatic carbocycles. The van der Waals surface area contributed by atoms with Crippen LogP contribution < -0.4 is 14.2 Å². The monoisotopic (exact) mass is 403 g/mol. The molecule has 0 heterocycles. The minimum atomic E-state index is -0.601. The van der Waals surface area contributed by atoms with Crippen LogP contribution in [0.3, 0.4) is 0 Å². The number of rotatable bonds is 14. The maximum Gasteiger partial charge on any atom is 0.161 e. The van der Waals surface area contributed by atoms with Crippen molar-refractivity contribution in [2.75, 3.05) is 46.6 Å². The van der Waals surface area contributed by atoms with Gasteiger partial charge in [0, 0.05) is 19.7 Å². The number of para-hydroxylation sites is 2. The summed E-state index contributed by atoms with van der Waals surface area (Å²) >= 11 is 0. The Labute approximate surface area is 174 Å². The van der Waals surface area contributed by atoms with Gasteiger partial charge >= 0.3 is 0 Å². The van der Waals surface area contributed by atoms with Crippen LogP contribution in [0.4, 0.5) is 0 Å². The lowest BCUT2D eigenvalue weighted by Crippen LogP contribution is -2.32. The van der Waals surface area contributed by atoms with Gasteiger partial charge in [0.25, 0.3) is 0 Å². The second kappa shape index (κ2) is 13.0. The molecule has 1 atom stereocenters. The number of likely N-dealkylation sites (N-methyl/N-ethyl adjacent to an activating group) is 1. The van der Waals surface area contributed by atoms with Gasteiger partial charge in [-0.25, -0.2) is 0 Å². The van der Waals surface area contributed by atoms with Crippen molar-refractivity contribution < 1.29 is 24.1 Å². The molecule has 2 aromatic rings. The molecule has 6 nitrogen and oxygen atoms in total. The summed E-state index contributed by atoms with van der Waals surface area (Å²) in [7, 11) is 1.98. The molecule has 0 amide bonds. The largest absolute Gasteiger partial charge is 0.491 e. The van der Waals surface area contributed by atoms with E-state index in [1.54, 1.807) is 0 Å². The summed E-state index contributed by atoms with van der Waals surface area (Å²) in [5, 5.41) is 10.3. The molecule has 0 saturated heterocycles. The minimum Gasteiger partial charge on any atom is -0.491 e. The summed E-state index contributed by atoms with van der Waals surface area (Å²) in [6.07, 6.45) is -0.601. The predicted octanol–water partition coefficient (Wildman–Crippen LogP) is 3.37. The number of hydrogen-bond donors (Lipinski definition) is 1. The first-order valence-corrected chi connectivity index (χ1v) is 10.1. The Kier molecular flexibility index (Phi) is 10.3. The Morgan fingerprint density at radius 3 is 2.21 bits per heavy atom. The van der Waals surface area contributed by atoms with E-state index in [4.69, 9.17) is 18.9 Å². The summed E-state index contributed by atoms with van der Waals surface area (Å²) in [6.45, 7) is 7.75. The number of benzene rings is 2. The molecule has 0 fully saturated rings. The Morgan fingerprint density at radius 1 is 0.862 bits per heavy atom. The zero-order valence-electron chi connectivity index (χ0n) is 17.7. The topological polar surface area (TPSA) is 60.4 Å². The van der Waals surface area contributed by atoms with Crippen LogP contribution >= 0.6 is 0 Å². The second-order valence-corrected chi connectivity index (χ2v) is 6.73. The van der Waals surface area contributed by atoms with Crippen LogP contribution in [-0.4, -0.2) is 62.7 Å². The first kappa shape index (κ1) is 23.0. The standard InChI is InChI=1S/C23H33NO5/c1-4-26-14-15-28-21-12-10-19(11-13-21)16-24(3)17-20(25)18-29-23-9-7-6-8-22(23)27-5-2/h6-13,20,25H,4-5,14-18H2,1-3H3/t20-/m1/s1. The van der Waals surface area contributed by atoms with E-state index in [0.717, 1.165) is 17.9 Å². The fourth-order valence-electron chi connectivity index (χ4n) is 2.87. The highest BCUT2D eigenvalue weighted by molar-refractivity contribution is 5.39. The van der Waals surface area contributed by atoms with Crippen molar-refractivity contribution in [2.45, 2.75) is 26.5 Å². The van der Waals surface area contributed by atoms with Gasteiger partial charge in [-0.05, 0) is 50.7 Å². The van der Waals surface area contributed by atoms with Crippen molar-refractivity contribution in [3.8, 4) is 17.2 Å². The fourth-order valence-corrected chi connectivity index (χ4v) is 2.87. The van der Waals surface area contributed by atoms with Crippen LogP contribution in [-0.2, 0) is 11.3 Å². The Bertz CT molecular complexity index is 692. The van der Waals surface area contributed by atoms with Crippen molar-refractivity contribution in [2.24, 2.45) is 0 Å². The van der Waals surface area contributed by atoms with Crippen molar-refractivity contribution >= 4 is 0 Å². The second-order valence-electron chi connectivity index (χ2n) is 6.73. The zero-order valence-corrected chi connectivity index (χ0v) is 17.7. The molecule has 0 radical (unpaired) electrons. The number of hydrogen-bond acceptors (Lipinski definition) is 6. The summed E-state index contributed by atoms with van der Waals surface area (Å²) < 4.78 is 22.2. The number of nitrogens with zero attached hydrogens (tertiary/aromatic N) is 1. The number of aliphatic hydroxyl groups is 1. The first-order chi connectivity index (χ1) is 14.1. The molecule has 160 valence electrons. The van der Waals surface area contributed by atoms with Crippen molar-refractivity contribution in [3.05, 3.63) is 54.1 Å². The maximum atomic E-state index is 10.3. The van der Waals surface area contributed by atoms with Gasteiger partial charge in [-0.1, -0.05) is 24.3 Å². The van der Waals surface area contributed by atoms with Gasteiger partial charge in [0.05, 0.1) is 13.2 Å². The Balaban J connectivity index is 1.73. The molecular weight excluding hydrogens is 370 g/mol. The van der Waals surface area contributed by atoms with E-state index in [9.17, 15) is 5.11 Å². The fraction of sp³-hybridized carbons (Fsp3) is 0.478. The van der Waals surface area contributed by atoms with E-state index in [2.05, 4.69) is 4.90 Å². The molecule has 0 saturated carbocycles. The molecule has 1 N–H and O–H groups in total. The number of ether oxygens (including phenoxy) is 4. The van der Waals surface area contributed by atoms with E-state index in [1.807, 2.05) is 69.4 Å². The third-order valence-corrected chi connectivity index (χ3v) is 4.18. The molecule has 0 bridgehead atoms. The average Bonchev–Trinajstić information content (AvgIpc) is 2.72. The third kappa shape index (κ3) is 8.73. The van der Waals surface area contributed by atoms with Crippen molar-refractivity contribution in [3.63, 3.8) is 0 Å². The molecule has 2 aromatic carbocycles. The highest BCUT2D eigenvalue weighted by Gasteiger charge is 2.12. The molecule has 29 heavy (non-hydrogen) atoms. The SMILES string of the molecule is CCOCCOc1ccc(CN(C)C[C@@H](O)COc2ccccc2OCC)cc1. The lowest BCUT2D eigenvalue weighted by Gasteiger charge is -2.21. The molecule has 2 rings (SSSR count). The van der Waals surface area contributed by atoms with E-state index < -0.39 is 6.10 Å². The van der Waals surface area contributed by atoms with Gasteiger partial charge in [0.1, 0.15) is 25.1 Å². The Morgan fingerprint density at radius 2 is 1.55 bits per heavy atom. The van der Waals surface area contributed by atoms with Gasteiger partial charge in [0.15, 0.2) is 11.5 Å². The molecule has 0 aliphatic rings. The lowest BCUT2D eigenvalue weighted by molar-refractivity contribution is 0.0730. The van der Waals surface area contributed by atoms with Gasteiger partial charge in [-0.3, -0.25) is 4.90 Å². The Hall–Kier alpha value is -2.28. The van der Waals surface area contributed by atoms with Crippen LogP contribution in [0.15, 0.2) is 48.5 Å². The highest BCUT2D eigenvalue weighted by atomic mass is 16.5. The van der Waals surface area contributed by atoms with Crippen LogP contribution in [0.5, 0.6) is 17.2 Å². The predicted molar refractivity (Wildman–Crippen MR) is 114 cm³/mol. The van der Waals surface area contributed by atoms with Crippen LogP contribution in [0.1, 0.15) is 19.4 Å². The van der Waals surface area contributed by atoms with Crippen LogP contribution in [0.25, 0.3) is 0 Å². The van der Waals surface area contributed by atoms with E-state index >= 15 is 0 Å². The van der Waals surface area contributed by atoms with Crippen molar-refractivity contribution in [1.29, 1.82) is 0 Å². The van der Waals surface area contributed by atoms with Crippen LogP contribution in [0, 0.1) is 0 Å². The van der Waals surface area contributed by atoms with Gasteiger partial charge in [-0.2, -0.15) is 0 Å². The summed E-state index contributed by atoms with van der Waals surface area (Å²) in [5.41, 5.74) is 1.15. The van der Waals surface area contributed by atoms with E-state index in [-0.39, 0.29) is 6.61 Å². The third-order valence-electron chi connectivity index (χ3n) is 4.18. The smallest absolute Gasteiger partial charge is 0.161 e. The molecule has 0 unspecified atom stereocenters. The molecule has 6 heteroatoms. The number of aliphatic hydroxyl groups excluding tert-OH is 1. The highest BCUT2D eigenvalue weighted by Crippen LogP contribution is 2.26. The summed E-state index contributed by atoms with van der Waals surface area (Å²) in [6, 6.07) is 15.5. The average molecular weight is 404 g/mol. The van der Waals surface area contributed by atoms with Crippen LogP contribution in [0.2, 0.25) is 0 Å². The summed E-state index contributed by atoms with van der Waals surface area (Å²) in [5.74, 6) is 2.17. The van der Waals surface area contributed by atoms with Gasteiger partial charge < -0.3 is 24.1 Å². The maximum absolute atomic E-state index is 10.3. The quantitative estimate of drug-likeness (QED) is 0.488. The van der Waals surface area contributed by atoms with Gasteiger partial charge in [-0.15, -0.1) is 0 Å². The van der Waals surface area contributed by atoms with E-state index in [0.29, 0.717) is 44.5 Å². The zero-order chi connectivity index (χ0) is 20.9. The van der Waals surface area contributed by atoms with Crippen molar-refractivity contribution in [1.82, 2.24) is 4.90 Å². The van der Waals surface area contributed by atoms with Gasteiger partial charge in [0.2, 0.25) is 0 Å². The summed E-state index contributed by atoms with van der Waals surface area (Å²) in [4.78, 5) is 2.06.